The molecular weight excluding hydrogens is 334 g/mol. The van der Waals surface area contributed by atoms with Gasteiger partial charge in [0.05, 0.1) is 25.9 Å². The predicted octanol–water partition coefficient (Wildman–Crippen LogP) is 1.10. The lowest BCUT2D eigenvalue weighted by atomic mass is 10.0. The summed E-state index contributed by atoms with van der Waals surface area (Å²) < 4.78 is 11.0. The highest BCUT2D eigenvalue weighted by atomic mass is 16.5. The fourth-order valence-corrected chi connectivity index (χ4v) is 2.95. The zero-order valence-corrected chi connectivity index (χ0v) is 15.6. The van der Waals surface area contributed by atoms with Gasteiger partial charge in [-0.2, -0.15) is 0 Å². The lowest BCUT2D eigenvalue weighted by molar-refractivity contribution is -0.121. The van der Waals surface area contributed by atoms with Crippen LogP contribution in [-0.2, 0) is 14.3 Å². The van der Waals surface area contributed by atoms with Crippen LogP contribution in [0.15, 0.2) is 24.3 Å². The van der Waals surface area contributed by atoms with E-state index in [1.165, 1.54) is 6.92 Å². The smallest absolute Gasteiger partial charge is 0.221 e. The number of carbonyl (C=O) groups excluding carboxylic acids is 2. The lowest BCUT2D eigenvalue weighted by Crippen LogP contribution is -2.44. The Morgan fingerprint density at radius 1 is 1.19 bits per heavy atom. The van der Waals surface area contributed by atoms with Crippen LogP contribution in [0, 0.1) is 0 Å². The van der Waals surface area contributed by atoms with Crippen molar-refractivity contribution in [1.82, 2.24) is 15.5 Å². The zero-order valence-electron chi connectivity index (χ0n) is 15.6. The van der Waals surface area contributed by atoms with E-state index in [2.05, 4.69) is 27.7 Å². The van der Waals surface area contributed by atoms with E-state index >= 15 is 0 Å². The minimum absolute atomic E-state index is 0.0667. The maximum atomic E-state index is 12.1. The Labute approximate surface area is 155 Å². The molecule has 1 aromatic rings. The van der Waals surface area contributed by atoms with Crippen molar-refractivity contribution in [2.45, 2.75) is 26.3 Å². The molecule has 1 aliphatic rings. The van der Waals surface area contributed by atoms with Crippen LogP contribution >= 0.6 is 0 Å². The van der Waals surface area contributed by atoms with Crippen LogP contribution in [-0.4, -0.2) is 62.7 Å². The first kappa shape index (κ1) is 20.2. The highest BCUT2D eigenvalue weighted by Crippen LogP contribution is 2.23. The molecule has 0 radical (unpaired) electrons. The molecule has 1 atom stereocenters. The van der Waals surface area contributed by atoms with Crippen molar-refractivity contribution in [1.29, 1.82) is 0 Å². The van der Waals surface area contributed by atoms with Crippen LogP contribution in [0.3, 0.4) is 0 Å². The zero-order chi connectivity index (χ0) is 18.8. The topological polar surface area (TPSA) is 79.9 Å². The van der Waals surface area contributed by atoms with Gasteiger partial charge in [-0.3, -0.25) is 14.5 Å². The molecule has 0 aliphatic carbocycles. The van der Waals surface area contributed by atoms with Crippen molar-refractivity contribution < 1.29 is 19.1 Å². The van der Waals surface area contributed by atoms with E-state index in [4.69, 9.17) is 9.47 Å². The van der Waals surface area contributed by atoms with E-state index < -0.39 is 0 Å². The molecular formula is C19H29N3O4. The number of rotatable bonds is 9. The molecule has 2 amide bonds. The third-order valence-electron chi connectivity index (χ3n) is 4.28. The second-order valence-corrected chi connectivity index (χ2v) is 6.20. The molecule has 26 heavy (non-hydrogen) atoms. The third-order valence-corrected chi connectivity index (χ3v) is 4.28. The average molecular weight is 363 g/mol. The largest absolute Gasteiger partial charge is 0.494 e. The predicted molar refractivity (Wildman–Crippen MR) is 99.1 cm³/mol. The number of nitrogens with one attached hydrogen (secondary N) is 2. The molecule has 1 aromatic carbocycles. The minimum Gasteiger partial charge on any atom is -0.494 e. The molecule has 2 N–H and O–H groups in total. The molecule has 0 bridgehead atoms. The van der Waals surface area contributed by atoms with Crippen LogP contribution in [0.2, 0.25) is 0 Å². The standard InChI is InChI=1S/C19H29N3O4/c1-3-26-17-6-4-16(5-7-17)18(22-10-12-25-13-11-22)14-21-19(24)8-9-20-15(2)23/h4-7,18H,3,8-14H2,1-2H3,(H,20,23)(H,21,24). The van der Waals surface area contributed by atoms with E-state index in [1.807, 2.05) is 19.1 Å². The van der Waals surface area contributed by atoms with Crippen molar-refractivity contribution in [3.05, 3.63) is 29.8 Å². The van der Waals surface area contributed by atoms with Crippen LogP contribution < -0.4 is 15.4 Å². The summed E-state index contributed by atoms with van der Waals surface area (Å²) in [5.41, 5.74) is 1.14. The van der Waals surface area contributed by atoms with Crippen LogP contribution in [0.1, 0.15) is 31.9 Å². The summed E-state index contributed by atoms with van der Waals surface area (Å²) >= 11 is 0. The molecule has 1 aliphatic heterocycles. The van der Waals surface area contributed by atoms with Gasteiger partial charge in [0, 0.05) is 39.5 Å². The first-order valence-electron chi connectivity index (χ1n) is 9.16. The van der Waals surface area contributed by atoms with Gasteiger partial charge in [0.1, 0.15) is 5.75 Å². The summed E-state index contributed by atoms with van der Waals surface area (Å²) in [7, 11) is 0. The van der Waals surface area contributed by atoms with E-state index in [-0.39, 0.29) is 24.3 Å². The van der Waals surface area contributed by atoms with Gasteiger partial charge >= 0.3 is 0 Å². The van der Waals surface area contributed by atoms with Gasteiger partial charge in [-0.05, 0) is 24.6 Å². The Balaban J connectivity index is 1.97. The Morgan fingerprint density at radius 3 is 2.50 bits per heavy atom. The molecule has 144 valence electrons. The summed E-state index contributed by atoms with van der Waals surface area (Å²) in [6.07, 6.45) is 0.276. The number of morpholine rings is 1. The van der Waals surface area contributed by atoms with Crippen molar-refractivity contribution >= 4 is 11.8 Å². The molecule has 2 rings (SSSR count). The second-order valence-electron chi connectivity index (χ2n) is 6.20. The van der Waals surface area contributed by atoms with E-state index in [1.54, 1.807) is 0 Å². The van der Waals surface area contributed by atoms with Gasteiger partial charge in [0.15, 0.2) is 0 Å². The molecule has 0 saturated carbocycles. The lowest BCUT2D eigenvalue weighted by Gasteiger charge is -2.35. The summed E-state index contributed by atoms with van der Waals surface area (Å²) in [5, 5.41) is 5.62. The van der Waals surface area contributed by atoms with Gasteiger partial charge in [-0.25, -0.2) is 0 Å². The first-order chi connectivity index (χ1) is 12.6. The molecule has 1 heterocycles. The number of carbonyl (C=O) groups is 2. The number of amides is 2. The minimum atomic E-state index is -0.126. The first-order valence-corrected chi connectivity index (χ1v) is 9.16. The SMILES string of the molecule is CCOc1ccc(C(CNC(=O)CCNC(C)=O)N2CCOCC2)cc1. The number of nitrogens with zero attached hydrogens (tertiary/aromatic N) is 1. The van der Waals surface area contributed by atoms with Crippen LogP contribution in [0.4, 0.5) is 0 Å². The summed E-state index contributed by atoms with van der Waals surface area (Å²) in [6.45, 7) is 7.97. The second kappa shape index (κ2) is 10.8. The summed E-state index contributed by atoms with van der Waals surface area (Å²) in [6, 6.07) is 8.11. The Morgan fingerprint density at radius 2 is 1.88 bits per heavy atom. The number of benzene rings is 1. The molecule has 1 saturated heterocycles. The third kappa shape index (κ3) is 6.65. The van der Waals surface area contributed by atoms with Gasteiger partial charge in [0.2, 0.25) is 11.8 Å². The van der Waals surface area contributed by atoms with Crippen molar-refractivity contribution in [3.63, 3.8) is 0 Å². The van der Waals surface area contributed by atoms with Crippen molar-refractivity contribution in [3.8, 4) is 5.75 Å². The number of hydrogen-bond acceptors (Lipinski definition) is 5. The maximum absolute atomic E-state index is 12.1. The summed E-state index contributed by atoms with van der Waals surface area (Å²) in [5.74, 6) is 0.651. The van der Waals surface area contributed by atoms with E-state index in [0.29, 0.717) is 32.9 Å². The Hall–Kier alpha value is -2.12. The van der Waals surface area contributed by atoms with E-state index in [9.17, 15) is 9.59 Å². The van der Waals surface area contributed by atoms with Gasteiger partial charge in [0.25, 0.3) is 0 Å². The molecule has 7 heteroatoms. The molecule has 0 spiro atoms. The van der Waals surface area contributed by atoms with Gasteiger partial charge < -0.3 is 20.1 Å². The Bertz CT molecular complexity index is 571. The fraction of sp³-hybridized carbons (Fsp3) is 0.579. The Kier molecular flexibility index (Phi) is 8.37. The monoisotopic (exact) mass is 363 g/mol. The highest BCUT2D eigenvalue weighted by Gasteiger charge is 2.23. The average Bonchev–Trinajstić information content (AvgIpc) is 2.64. The van der Waals surface area contributed by atoms with Crippen molar-refractivity contribution in [2.75, 3.05) is 46.0 Å². The number of ether oxygens (including phenoxy) is 2. The van der Waals surface area contributed by atoms with Crippen molar-refractivity contribution in [2.24, 2.45) is 0 Å². The highest BCUT2D eigenvalue weighted by molar-refractivity contribution is 5.77. The maximum Gasteiger partial charge on any atom is 0.221 e. The quantitative estimate of drug-likeness (QED) is 0.687. The fourth-order valence-electron chi connectivity index (χ4n) is 2.95. The number of hydrogen-bond donors (Lipinski definition) is 2. The van der Waals surface area contributed by atoms with Gasteiger partial charge in [-0.15, -0.1) is 0 Å². The molecule has 1 fully saturated rings. The molecule has 1 unspecified atom stereocenters. The van der Waals surface area contributed by atoms with Gasteiger partial charge in [-0.1, -0.05) is 12.1 Å². The van der Waals surface area contributed by atoms with Crippen LogP contribution in [0.25, 0.3) is 0 Å². The van der Waals surface area contributed by atoms with Crippen LogP contribution in [0.5, 0.6) is 5.75 Å². The van der Waals surface area contributed by atoms with E-state index in [0.717, 1.165) is 24.4 Å². The summed E-state index contributed by atoms with van der Waals surface area (Å²) in [4.78, 5) is 25.3. The molecule has 7 nitrogen and oxygen atoms in total. The normalized spacial score (nSPS) is 15.9. The molecule has 0 aromatic heterocycles.